The highest BCUT2D eigenvalue weighted by Crippen LogP contribution is 2.18. The van der Waals surface area contributed by atoms with Gasteiger partial charge >= 0.3 is 0 Å². The molecule has 142 valence electrons. The summed E-state index contributed by atoms with van der Waals surface area (Å²) in [5.74, 6) is 0. The van der Waals surface area contributed by atoms with Crippen LogP contribution in [0.4, 0.5) is 0 Å². The molecule has 0 aliphatic heterocycles. The second-order valence-corrected chi connectivity index (χ2v) is 7.14. The first-order valence-corrected chi connectivity index (χ1v) is 10.2. The van der Waals surface area contributed by atoms with Crippen molar-refractivity contribution >= 4 is 0 Å². The van der Waals surface area contributed by atoms with Crippen LogP contribution in [0.5, 0.6) is 0 Å². The molecule has 1 N–H and O–H groups in total. The van der Waals surface area contributed by atoms with E-state index in [1.165, 1.54) is 101 Å². The Morgan fingerprint density at radius 2 is 0.870 bits per heavy atom. The molecule has 0 unspecified atom stereocenters. The Hall–Kier alpha value is 0.650. The van der Waals surface area contributed by atoms with Crippen molar-refractivity contribution in [2.24, 2.45) is 0 Å². The number of aliphatic hydroxyl groups is 1. The summed E-state index contributed by atoms with van der Waals surface area (Å²) in [4.78, 5) is 0. The van der Waals surface area contributed by atoms with E-state index in [2.05, 4.69) is 20.8 Å². The molecule has 0 aliphatic carbocycles. The molecule has 3 heteroatoms. The van der Waals surface area contributed by atoms with Crippen molar-refractivity contribution in [3.63, 3.8) is 0 Å². The van der Waals surface area contributed by atoms with E-state index in [0.717, 1.165) is 6.42 Å². The topological polar surface area (TPSA) is 20.2 Å². The highest BCUT2D eigenvalue weighted by Gasteiger charge is 2.25. The lowest BCUT2D eigenvalue weighted by Gasteiger charge is -2.39. The molecule has 0 radical (unpaired) electrons. The fourth-order valence-corrected chi connectivity index (χ4v) is 3.50. The molecule has 0 atom stereocenters. The summed E-state index contributed by atoms with van der Waals surface area (Å²) in [6.45, 7) is 12.7. The van der Waals surface area contributed by atoms with E-state index in [9.17, 15) is 0 Å². The highest BCUT2D eigenvalue weighted by molar-refractivity contribution is 4.52. The molecule has 23 heavy (non-hydrogen) atoms. The van der Waals surface area contributed by atoms with Crippen molar-refractivity contribution < 1.29 is 33.6 Å². The molecule has 0 aromatic carbocycles. The monoisotopic (exact) mass is 441 g/mol. The molecule has 0 aliphatic rings. The number of hydrogen-bond donors (Lipinski definition) is 1. The first-order valence-electron chi connectivity index (χ1n) is 10.2. The maximum absolute atomic E-state index is 9.13. The van der Waals surface area contributed by atoms with Crippen LogP contribution >= 0.6 is 0 Å². The van der Waals surface area contributed by atoms with Crippen LogP contribution in [-0.2, 0) is 0 Å². The van der Waals surface area contributed by atoms with Gasteiger partial charge in [0.15, 0.2) is 0 Å². The van der Waals surface area contributed by atoms with Crippen LogP contribution in [0.1, 0.15) is 97.8 Å². The van der Waals surface area contributed by atoms with Crippen molar-refractivity contribution in [3.8, 4) is 0 Å². The molecular formula is C20H44INO. The smallest absolute Gasteiger partial charge is 0.0787 e. The molecule has 0 aromatic rings. The van der Waals surface area contributed by atoms with Gasteiger partial charge in [-0.3, -0.25) is 0 Å². The largest absolute Gasteiger partial charge is 1.00 e. The summed E-state index contributed by atoms with van der Waals surface area (Å²) in [5.41, 5.74) is 0. The SMILES string of the molecule is CCCCCC[N+](CCCCC)(CCCCC)CCCCO.[I-]. The van der Waals surface area contributed by atoms with Crippen molar-refractivity contribution in [1.82, 2.24) is 0 Å². The Kier molecular flexibility index (Phi) is 21.4. The zero-order valence-corrected chi connectivity index (χ0v) is 18.5. The van der Waals surface area contributed by atoms with Gasteiger partial charge in [-0.15, -0.1) is 0 Å². The molecule has 0 saturated heterocycles. The summed E-state index contributed by atoms with van der Waals surface area (Å²) in [7, 11) is 0. The van der Waals surface area contributed by atoms with E-state index in [1.807, 2.05) is 0 Å². The van der Waals surface area contributed by atoms with Crippen LogP contribution in [0, 0.1) is 0 Å². The lowest BCUT2D eigenvalue weighted by Crippen LogP contribution is -3.00. The lowest BCUT2D eigenvalue weighted by atomic mass is 10.1. The summed E-state index contributed by atoms with van der Waals surface area (Å²) in [5, 5.41) is 9.13. The van der Waals surface area contributed by atoms with E-state index in [-0.39, 0.29) is 24.0 Å². The minimum absolute atomic E-state index is 0. The van der Waals surface area contributed by atoms with Crippen LogP contribution in [0.25, 0.3) is 0 Å². The molecule has 0 amide bonds. The number of unbranched alkanes of at least 4 members (excludes halogenated alkanes) is 8. The van der Waals surface area contributed by atoms with Crippen molar-refractivity contribution in [2.75, 3.05) is 32.8 Å². The second kappa shape index (κ2) is 19.0. The van der Waals surface area contributed by atoms with E-state index in [1.54, 1.807) is 0 Å². The van der Waals surface area contributed by atoms with E-state index in [4.69, 9.17) is 5.11 Å². The van der Waals surface area contributed by atoms with E-state index in [0.29, 0.717) is 6.61 Å². The number of quaternary nitrogens is 1. The molecule has 0 aromatic heterocycles. The quantitative estimate of drug-likeness (QED) is 0.209. The highest BCUT2D eigenvalue weighted by atomic mass is 127. The average molecular weight is 441 g/mol. The van der Waals surface area contributed by atoms with E-state index >= 15 is 0 Å². The lowest BCUT2D eigenvalue weighted by molar-refractivity contribution is -0.929. The zero-order valence-electron chi connectivity index (χ0n) is 16.3. The van der Waals surface area contributed by atoms with Gasteiger partial charge < -0.3 is 33.6 Å². The molecule has 2 nitrogen and oxygen atoms in total. The van der Waals surface area contributed by atoms with Gasteiger partial charge in [0.1, 0.15) is 0 Å². The minimum Gasteiger partial charge on any atom is -1.00 e. The molecule has 0 heterocycles. The Morgan fingerprint density at radius 3 is 1.26 bits per heavy atom. The third-order valence-electron chi connectivity index (χ3n) is 5.00. The standard InChI is InChI=1S/C20H44NO.HI/c1-4-7-10-13-18-21(16-11-8-5-2,17-12-9-6-3)19-14-15-20-22;/h22H,4-20H2,1-3H3;1H/q+1;/p-1. The third kappa shape index (κ3) is 14.7. The van der Waals surface area contributed by atoms with Crippen LogP contribution in [0.15, 0.2) is 0 Å². The number of nitrogens with zero attached hydrogens (tertiary/aromatic N) is 1. The van der Waals surface area contributed by atoms with Crippen LogP contribution < -0.4 is 24.0 Å². The Labute approximate surface area is 164 Å². The van der Waals surface area contributed by atoms with Crippen LogP contribution in [0.2, 0.25) is 0 Å². The first-order chi connectivity index (χ1) is 10.7. The maximum Gasteiger partial charge on any atom is 0.0787 e. The number of halogens is 1. The van der Waals surface area contributed by atoms with Crippen molar-refractivity contribution in [1.29, 1.82) is 0 Å². The van der Waals surface area contributed by atoms with Crippen molar-refractivity contribution in [2.45, 2.75) is 97.8 Å². The van der Waals surface area contributed by atoms with Gasteiger partial charge in [-0.25, -0.2) is 0 Å². The summed E-state index contributed by atoms with van der Waals surface area (Å²) in [6.07, 6.45) is 15.9. The first kappa shape index (κ1) is 25.9. The van der Waals surface area contributed by atoms with Crippen LogP contribution in [0.3, 0.4) is 0 Å². The zero-order chi connectivity index (χ0) is 16.5. The Morgan fingerprint density at radius 1 is 0.522 bits per heavy atom. The van der Waals surface area contributed by atoms with Gasteiger partial charge in [-0.1, -0.05) is 46.5 Å². The molecule has 0 fully saturated rings. The fraction of sp³-hybridized carbons (Fsp3) is 1.00. The van der Waals surface area contributed by atoms with Gasteiger partial charge in [-0.2, -0.15) is 0 Å². The Balaban J connectivity index is 0. The van der Waals surface area contributed by atoms with Crippen molar-refractivity contribution in [3.05, 3.63) is 0 Å². The maximum atomic E-state index is 9.13. The number of rotatable bonds is 17. The summed E-state index contributed by atoms with van der Waals surface area (Å²) >= 11 is 0. The summed E-state index contributed by atoms with van der Waals surface area (Å²) < 4.78 is 1.34. The Bertz CT molecular complexity index is 197. The van der Waals surface area contributed by atoms with Gasteiger partial charge in [0.2, 0.25) is 0 Å². The number of aliphatic hydroxyl groups excluding tert-OH is 1. The molecule has 0 bridgehead atoms. The number of hydrogen-bond acceptors (Lipinski definition) is 1. The molecule has 0 spiro atoms. The molecular weight excluding hydrogens is 397 g/mol. The molecule has 0 rings (SSSR count). The summed E-state index contributed by atoms with van der Waals surface area (Å²) in [6, 6.07) is 0. The van der Waals surface area contributed by atoms with Gasteiger partial charge in [0.25, 0.3) is 0 Å². The minimum atomic E-state index is 0. The average Bonchev–Trinajstić information content (AvgIpc) is 2.52. The normalized spacial score (nSPS) is 11.5. The second-order valence-electron chi connectivity index (χ2n) is 7.14. The molecule has 0 saturated carbocycles. The van der Waals surface area contributed by atoms with Gasteiger partial charge in [0.05, 0.1) is 26.2 Å². The fourth-order valence-electron chi connectivity index (χ4n) is 3.50. The van der Waals surface area contributed by atoms with Crippen LogP contribution in [-0.4, -0.2) is 42.4 Å². The van der Waals surface area contributed by atoms with Gasteiger partial charge in [0, 0.05) is 6.61 Å². The van der Waals surface area contributed by atoms with E-state index < -0.39 is 0 Å². The predicted octanol–water partition coefficient (Wildman–Crippen LogP) is 2.54. The van der Waals surface area contributed by atoms with Gasteiger partial charge in [-0.05, 0) is 51.4 Å². The third-order valence-corrected chi connectivity index (χ3v) is 5.00. The predicted molar refractivity (Wildman–Crippen MR) is 99.2 cm³/mol.